The molecule has 28 heavy (non-hydrogen) atoms. The Morgan fingerprint density at radius 3 is 2.50 bits per heavy atom. The lowest BCUT2D eigenvalue weighted by Crippen LogP contribution is -2.55. The summed E-state index contributed by atoms with van der Waals surface area (Å²) in [7, 11) is 0. The van der Waals surface area contributed by atoms with E-state index in [1.807, 2.05) is 0 Å². The number of rotatable bonds is 5. The average Bonchev–Trinajstić information content (AvgIpc) is 2.69. The number of nitrogens with one attached hydrogen (secondary N) is 1. The maximum Gasteiger partial charge on any atom is 0.405 e. The molecule has 10 heteroatoms. The van der Waals surface area contributed by atoms with Crippen LogP contribution in [0.2, 0.25) is 5.02 Å². The summed E-state index contributed by atoms with van der Waals surface area (Å²) in [4.78, 5) is 36.2. The predicted molar refractivity (Wildman–Crippen MR) is 114 cm³/mol. The molecule has 148 valence electrons. The number of carbonyl (C=O) groups is 2. The molecule has 1 aromatic carbocycles. The number of aromatic nitrogens is 2. The van der Waals surface area contributed by atoms with Crippen LogP contribution in [-0.4, -0.2) is 64.2 Å². The molecule has 2 heterocycles. The highest BCUT2D eigenvalue weighted by molar-refractivity contribution is 14.1. The number of nitrogens with zero attached hydrogens (tertiary/aromatic N) is 4. The lowest BCUT2D eigenvalue weighted by Gasteiger charge is -2.37. The first-order chi connectivity index (χ1) is 13.4. The molecule has 1 saturated heterocycles. The second-order valence-electron chi connectivity index (χ2n) is 6.34. The second-order valence-corrected chi connectivity index (χ2v) is 7.94. The number of amides is 2. The number of piperazine rings is 1. The highest BCUT2D eigenvalue weighted by atomic mass is 127. The molecule has 1 unspecified atom stereocenters. The van der Waals surface area contributed by atoms with Gasteiger partial charge in [-0.1, -0.05) is 23.7 Å². The topological polar surface area (TPSA) is 98.7 Å². The number of carboxylic acid groups (broad SMARTS) is 1. The monoisotopic (exact) mass is 515 g/mol. The van der Waals surface area contributed by atoms with Crippen LogP contribution in [0.15, 0.2) is 36.8 Å². The zero-order valence-electron chi connectivity index (χ0n) is 14.9. The number of benzene rings is 1. The van der Waals surface area contributed by atoms with Crippen LogP contribution in [0.5, 0.6) is 0 Å². The SMILES string of the molecule is O=C(O)NC(Cc1ccc(Cl)cc1)C(=O)N1CCN(c2ncncc2I)CC1. The van der Waals surface area contributed by atoms with Gasteiger partial charge in [0.1, 0.15) is 18.2 Å². The molecule has 1 aliphatic rings. The summed E-state index contributed by atoms with van der Waals surface area (Å²) in [5.74, 6) is 0.624. The zero-order valence-corrected chi connectivity index (χ0v) is 17.8. The van der Waals surface area contributed by atoms with Crippen LogP contribution in [0.4, 0.5) is 10.6 Å². The number of carbonyl (C=O) groups excluding carboxylic acids is 1. The standard InChI is InChI=1S/C18H19ClIN5O3/c19-13-3-1-12(2-4-13)9-15(23-18(27)28)17(26)25-7-5-24(6-8-25)16-14(20)10-21-11-22-16/h1-4,10-11,15,23H,5-9H2,(H,27,28). The van der Waals surface area contributed by atoms with Crippen molar-refractivity contribution in [2.24, 2.45) is 0 Å². The van der Waals surface area contributed by atoms with Crippen molar-refractivity contribution in [1.29, 1.82) is 0 Å². The first-order valence-corrected chi connectivity index (χ1v) is 10.1. The molecule has 0 bridgehead atoms. The van der Waals surface area contributed by atoms with Crippen LogP contribution in [0, 0.1) is 3.57 Å². The van der Waals surface area contributed by atoms with Crippen molar-refractivity contribution >= 4 is 52.0 Å². The van der Waals surface area contributed by atoms with Crippen LogP contribution in [-0.2, 0) is 11.2 Å². The Morgan fingerprint density at radius 2 is 1.89 bits per heavy atom. The minimum absolute atomic E-state index is 0.227. The minimum atomic E-state index is -1.22. The summed E-state index contributed by atoms with van der Waals surface area (Å²) in [6, 6.07) is 6.19. The van der Waals surface area contributed by atoms with Crippen molar-refractivity contribution < 1.29 is 14.7 Å². The Hall–Kier alpha value is -2.14. The summed E-state index contributed by atoms with van der Waals surface area (Å²) < 4.78 is 0.952. The average molecular weight is 516 g/mol. The van der Waals surface area contributed by atoms with E-state index in [4.69, 9.17) is 16.7 Å². The Labute approximate surface area is 181 Å². The van der Waals surface area contributed by atoms with Gasteiger partial charge < -0.3 is 20.2 Å². The number of anilines is 1. The molecular weight excluding hydrogens is 497 g/mol. The van der Waals surface area contributed by atoms with E-state index in [2.05, 4.69) is 42.8 Å². The summed E-state index contributed by atoms with van der Waals surface area (Å²) in [5, 5.41) is 12.1. The Kier molecular flexibility index (Phi) is 6.89. The van der Waals surface area contributed by atoms with Gasteiger partial charge in [-0.25, -0.2) is 14.8 Å². The molecule has 1 aromatic heterocycles. The molecule has 0 spiro atoms. The van der Waals surface area contributed by atoms with Crippen LogP contribution in [0.1, 0.15) is 5.56 Å². The summed E-state index contributed by atoms with van der Waals surface area (Å²) in [6.45, 7) is 2.24. The Morgan fingerprint density at radius 1 is 1.21 bits per heavy atom. The molecule has 0 aliphatic carbocycles. The molecule has 2 aromatic rings. The van der Waals surface area contributed by atoms with Crippen LogP contribution in [0.25, 0.3) is 0 Å². The molecule has 8 nitrogen and oxygen atoms in total. The highest BCUT2D eigenvalue weighted by Gasteiger charge is 2.29. The van der Waals surface area contributed by atoms with Gasteiger partial charge in [0.25, 0.3) is 0 Å². The largest absolute Gasteiger partial charge is 0.465 e. The van der Waals surface area contributed by atoms with Crippen molar-refractivity contribution in [3.05, 3.63) is 50.9 Å². The highest BCUT2D eigenvalue weighted by Crippen LogP contribution is 2.20. The predicted octanol–water partition coefficient (Wildman–Crippen LogP) is 2.26. The van der Waals surface area contributed by atoms with Gasteiger partial charge in [-0.3, -0.25) is 4.79 Å². The van der Waals surface area contributed by atoms with Crippen molar-refractivity contribution in [2.75, 3.05) is 31.1 Å². The van der Waals surface area contributed by atoms with Gasteiger partial charge in [0.2, 0.25) is 5.91 Å². The lowest BCUT2D eigenvalue weighted by molar-refractivity contribution is -0.133. The number of hydrogen-bond acceptors (Lipinski definition) is 5. The molecule has 2 N–H and O–H groups in total. The quantitative estimate of drug-likeness (QED) is 0.593. The third kappa shape index (κ3) is 5.22. The lowest BCUT2D eigenvalue weighted by atomic mass is 10.0. The zero-order chi connectivity index (χ0) is 20.1. The molecule has 1 fully saturated rings. The van der Waals surface area contributed by atoms with E-state index >= 15 is 0 Å². The molecule has 1 atom stereocenters. The van der Waals surface area contributed by atoms with Crippen LogP contribution >= 0.6 is 34.2 Å². The molecular formula is C18H19ClIN5O3. The maximum absolute atomic E-state index is 12.9. The van der Waals surface area contributed by atoms with E-state index in [1.165, 1.54) is 6.33 Å². The normalized spacial score (nSPS) is 15.2. The van der Waals surface area contributed by atoms with Gasteiger partial charge in [-0.15, -0.1) is 0 Å². The summed E-state index contributed by atoms with van der Waals surface area (Å²) in [5.41, 5.74) is 0.839. The fraction of sp³-hybridized carbons (Fsp3) is 0.333. The van der Waals surface area contributed by atoms with Gasteiger partial charge in [-0.2, -0.15) is 0 Å². The first-order valence-electron chi connectivity index (χ1n) is 8.67. The Bertz CT molecular complexity index is 843. The van der Waals surface area contributed by atoms with E-state index < -0.39 is 12.1 Å². The van der Waals surface area contributed by atoms with Gasteiger partial charge >= 0.3 is 6.09 Å². The van der Waals surface area contributed by atoms with Crippen molar-refractivity contribution in [3.8, 4) is 0 Å². The van der Waals surface area contributed by atoms with Gasteiger partial charge in [-0.05, 0) is 40.3 Å². The second kappa shape index (κ2) is 9.37. The van der Waals surface area contributed by atoms with Crippen LogP contribution in [0.3, 0.4) is 0 Å². The molecule has 0 radical (unpaired) electrons. The van der Waals surface area contributed by atoms with Crippen molar-refractivity contribution in [3.63, 3.8) is 0 Å². The maximum atomic E-state index is 12.9. The molecule has 1 aliphatic heterocycles. The van der Waals surface area contributed by atoms with E-state index in [1.54, 1.807) is 35.4 Å². The summed E-state index contributed by atoms with van der Waals surface area (Å²) in [6.07, 6.45) is 2.31. The molecule has 0 saturated carbocycles. The number of hydrogen-bond donors (Lipinski definition) is 2. The van der Waals surface area contributed by atoms with Crippen molar-refractivity contribution in [2.45, 2.75) is 12.5 Å². The smallest absolute Gasteiger partial charge is 0.405 e. The first kappa shape index (κ1) is 20.6. The van der Waals surface area contributed by atoms with E-state index in [9.17, 15) is 9.59 Å². The third-order valence-corrected chi connectivity index (χ3v) is 5.50. The van der Waals surface area contributed by atoms with Gasteiger partial charge in [0, 0.05) is 43.8 Å². The van der Waals surface area contributed by atoms with E-state index in [0.717, 1.165) is 15.0 Å². The minimum Gasteiger partial charge on any atom is -0.465 e. The number of halogens is 2. The van der Waals surface area contributed by atoms with Gasteiger partial charge in [0.05, 0.1) is 3.57 Å². The van der Waals surface area contributed by atoms with E-state index in [0.29, 0.717) is 31.2 Å². The molecule has 3 rings (SSSR count). The molecule has 2 amide bonds. The third-order valence-electron chi connectivity index (χ3n) is 4.49. The van der Waals surface area contributed by atoms with Crippen LogP contribution < -0.4 is 10.2 Å². The fourth-order valence-electron chi connectivity index (χ4n) is 3.10. The Balaban J connectivity index is 1.65. The van der Waals surface area contributed by atoms with E-state index in [-0.39, 0.29) is 12.3 Å². The van der Waals surface area contributed by atoms with Gasteiger partial charge in [0.15, 0.2) is 0 Å². The summed E-state index contributed by atoms with van der Waals surface area (Å²) >= 11 is 8.08. The fourth-order valence-corrected chi connectivity index (χ4v) is 3.87. The van der Waals surface area contributed by atoms with Crippen molar-refractivity contribution in [1.82, 2.24) is 20.2 Å².